The number of fused-ring (bicyclic) bond motifs is 7. The summed E-state index contributed by atoms with van der Waals surface area (Å²) in [6.45, 7) is 0. The van der Waals surface area contributed by atoms with Gasteiger partial charge in [0.1, 0.15) is 5.69 Å². The first kappa shape index (κ1) is 27.7. The summed E-state index contributed by atoms with van der Waals surface area (Å²) < 4.78 is 4.84. The van der Waals surface area contributed by atoms with E-state index in [0.717, 1.165) is 55.7 Å². The predicted octanol–water partition coefficient (Wildman–Crippen LogP) is 12.4. The maximum Gasteiger partial charge on any atom is 0.165 e. The highest BCUT2D eigenvalue weighted by molar-refractivity contribution is 6.31. The molecular weight excluding hydrogens is 633 g/mol. The molecule has 4 aromatic heterocycles. The lowest BCUT2D eigenvalue weighted by atomic mass is 9.96. The van der Waals surface area contributed by atoms with E-state index in [2.05, 4.69) is 179 Å². The third-order valence-electron chi connectivity index (χ3n) is 11.0. The zero-order chi connectivity index (χ0) is 33.9. The van der Waals surface area contributed by atoms with Gasteiger partial charge in [-0.15, -0.1) is 0 Å². The van der Waals surface area contributed by atoms with Gasteiger partial charge >= 0.3 is 0 Å². The minimum Gasteiger partial charge on any atom is -0.308 e. The van der Waals surface area contributed by atoms with Crippen molar-refractivity contribution in [2.45, 2.75) is 0 Å². The first-order valence-corrected chi connectivity index (χ1v) is 17.8. The van der Waals surface area contributed by atoms with Gasteiger partial charge in [0, 0.05) is 38.1 Å². The SMILES string of the molecule is c1ccc(-c2nc3c(-c4ccccc4)c4ccccc4cc3nc2-n2c3cccc4c5cccc6c7ccccc7n(c7cccc2c7c43)c56)cc1. The van der Waals surface area contributed by atoms with Gasteiger partial charge in [-0.25, -0.2) is 9.97 Å². The maximum atomic E-state index is 5.65. The van der Waals surface area contributed by atoms with Crippen LogP contribution in [0.1, 0.15) is 0 Å². The molecule has 0 aliphatic carbocycles. The minimum atomic E-state index is 0.818. The monoisotopic (exact) mass is 660 g/mol. The Bertz CT molecular complexity index is 3390. The molecule has 0 aliphatic rings. The van der Waals surface area contributed by atoms with Crippen molar-refractivity contribution in [1.82, 2.24) is 18.9 Å². The lowest BCUT2D eigenvalue weighted by Crippen LogP contribution is -2.04. The van der Waals surface area contributed by atoms with Crippen LogP contribution in [0, 0.1) is 0 Å². The maximum absolute atomic E-state index is 5.65. The lowest BCUT2D eigenvalue weighted by Gasteiger charge is -2.17. The fraction of sp³-hybridized carbons (Fsp3) is 0. The van der Waals surface area contributed by atoms with Crippen molar-refractivity contribution in [1.29, 1.82) is 0 Å². The summed E-state index contributed by atoms with van der Waals surface area (Å²) in [7, 11) is 0. The number of hydrogen-bond donors (Lipinski definition) is 0. The van der Waals surface area contributed by atoms with Gasteiger partial charge in [0.25, 0.3) is 0 Å². The van der Waals surface area contributed by atoms with Crippen LogP contribution in [-0.2, 0) is 0 Å². The zero-order valence-corrected chi connectivity index (χ0v) is 28.0. The molecule has 0 atom stereocenters. The largest absolute Gasteiger partial charge is 0.308 e. The highest BCUT2D eigenvalue weighted by Crippen LogP contribution is 2.45. The quantitative estimate of drug-likeness (QED) is 0.177. The van der Waals surface area contributed by atoms with Crippen LogP contribution < -0.4 is 0 Å². The van der Waals surface area contributed by atoms with Crippen LogP contribution in [0.15, 0.2) is 170 Å². The van der Waals surface area contributed by atoms with E-state index in [1.165, 1.54) is 54.3 Å². The van der Waals surface area contributed by atoms with Gasteiger partial charge in [-0.3, -0.25) is 4.57 Å². The Hall–Kier alpha value is -7.04. The summed E-state index contributed by atoms with van der Waals surface area (Å²) in [5.74, 6) is 0.818. The molecule has 0 radical (unpaired) electrons. The summed E-state index contributed by atoms with van der Waals surface area (Å²) in [6.07, 6.45) is 0. The van der Waals surface area contributed by atoms with Crippen molar-refractivity contribution in [2.24, 2.45) is 0 Å². The van der Waals surface area contributed by atoms with Crippen molar-refractivity contribution in [2.75, 3.05) is 0 Å². The molecule has 0 unspecified atom stereocenters. The summed E-state index contributed by atoms with van der Waals surface area (Å²) in [4.78, 5) is 11.3. The Morgan fingerprint density at radius 2 is 0.981 bits per heavy atom. The fourth-order valence-electron chi connectivity index (χ4n) is 8.91. The minimum absolute atomic E-state index is 0.818. The third kappa shape index (κ3) is 3.60. The van der Waals surface area contributed by atoms with E-state index in [-0.39, 0.29) is 0 Å². The fourth-order valence-corrected chi connectivity index (χ4v) is 8.91. The number of hydrogen-bond acceptors (Lipinski definition) is 2. The molecule has 4 heteroatoms. The molecule has 0 N–H and O–H groups in total. The lowest BCUT2D eigenvalue weighted by molar-refractivity contribution is 1.08. The van der Waals surface area contributed by atoms with Crippen molar-refractivity contribution < 1.29 is 0 Å². The number of para-hydroxylation sites is 2. The number of benzene rings is 8. The zero-order valence-electron chi connectivity index (χ0n) is 28.0. The van der Waals surface area contributed by atoms with E-state index in [0.29, 0.717) is 0 Å². The van der Waals surface area contributed by atoms with E-state index in [9.17, 15) is 0 Å². The Labute approximate surface area is 297 Å². The van der Waals surface area contributed by atoms with Crippen LogP contribution >= 0.6 is 0 Å². The van der Waals surface area contributed by atoms with E-state index in [4.69, 9.17) is 9.97 Å². The molecule has 240 valence electrons. The smallest absolute Gasteiger partial charge is 0.165 e. The van der Waals surface area contributed by atoms with Gasteiger partial charge in [-0.2, -0.15) is 0 Å². The molecule has 0 bridgehead atoms. The molecule has 0 aliphatic heterocycles. The molecule has 0 saturated carbocycles. The molecule has 0 saturated heterocycles. The Morgan fingerprint density at radius 1 is 0.404 bits per heavy atom. The van der Waals surface area contributed by atoms with E-state index >= 15 is 0 Å². The number of nitrogens with zero attached hydrogens (tertiary/aromatic N) is 4. The topological polar surface area (TPSA) is 35.1 Å². The molecule has 52 heavy (non-hydrogen) atoms. The van der Waals surface area contributed by atoms with Crippen LogP contribution in [0.25, 0.3) is 110 Å². The van der Waals surface area contributed by atoms with E-state index in [1.54, 1.807) is 0 Å². The van der Waals surface area contributed by atoms with Crippen molar-refractivity contribution in [3.8, 4) is 28.2 Å². The molecule has 12 rings (SSSR count). The summed E-state index contributed by atoms with van der Waals surface area (Å²) >= 11 is 0. The second kappa shape index (κ2) is 10.3. The normalized spacial score (nSPS) is 12.2. The summed E-state index contributed by atoms with van der Waals surface area (Å²) in [5.41, 5.74) is 11.7. The predicted molar refractivity (Wildman–Crippen MR) is 217 cm³/mol. The molecular formula is C48H28N4. The van der Waals surface area contributed by atoms with Gasteiger partial charge in [0.05, 0.1) is 38.6 Å². The van der Waals surface area contributed by atoms with Crippen molar-refractivity contribution >= 4 is 81.7 Å². The third-order valence-corrected chi connectivity index (χ3v) is 11.0. The van der Waals surface area contributed by atoms with Crippen molar-refractivity contribution in [3.05, 3.63) is 170 Å². The van der Waals surface area contributed by atoms with Gasteiger partial charge in [-0.1, -0.05) is 140 Å². The Balaban J connectivity index is 1.30. The van der Waals surface area contributed by atoms with E-state index < -0.39 is 0 Å². The van der Waals surface area contributed by atoms with E-state index in [1.807, 2.05) is 0 Å². The number of aromatic nitrogens is 4. The molecule has 0 amide bonds. The van der Waals surface area contributed by atoms with Crippen LogP contribution in [0.4, 0.5) is 0 Å². The average Bonchev–Trinajstić information content (AvgIpc) is 3.69. The van der Waals surface area contributed by atoms with Gasteiger partial charge in [0.15, 0.2) is 5.82 Å². The summed E-state index contributed by atoms with van der Waals surface area (Å²) in [6, 6.07) is 60.9. The molecule has 8 aromatic carbocycles. The molecule has 12 aromatic rings. The van der Waals surface area contributed by atoms with Crippen LogP contribution in [0.3, 0.4) is 0 Å². The first-order chi connectivity index (χ1) is 25.8. The number of rotatable bonds is 3. The Morgan fingerprint density at radius 3 is 1.81 bits per heavy atom. The highest BCUT2D eigenvalue weighted by atomic mass is 15.1. The average molecular weight is 661 g/mol. The highest BCUT2D eigenvalue weighted by Gasteiger charge is 2.25. The van der Waals surface area contributed by atoms with Crippen LogP contribution in [0.5, 0.6) is 0 Å². The second-order valence-corrected chi connectivity index (χ2v) is 13.7. The van der Waals surface area contributed by atoms with Gasteiger partial charge in [-0.05, 0) is 52.1 Å². The van der Waals surface area contributed by atoms with Gasteiger partial charge < -0.3 is 4.40 Å². The Kier molecular flexibility index (Phi) is 5.47. The van der Waals surface area contributed by atoms with Crippen LogP contribution in [0.2, 0.25) is 0 Å². The van der Waals surface area contributed by atoms with Gasteiger partial charge in [0.2, 0.25) is 0 Å². The first-order valence-electron chi connectivity index (χ1n) is 17.8. The standard InChI is InChI=1S/C48H28N4/c1-3-14-29(15-4-1)42-32-19-8-7-18-31(32)28-37-46(42)50-45(30-16-5-2-6-17-30)48(49-37)52-39-25-12-21-34-36-23-11-22-35-33-20-9-10-24-38(33)51(47(35)36)40-26-13-27-41(52)44(40)43(34)39/h1-28H. The molecule has 4 heterocycles. The molecule has 4 nitrogen and oxygen atoms in total. The van der Waals surface area contributed by atoms with Crippen molar-refractivity contribution in [3.63, 3.8) is 0 Å². The van der Waals surface area contributed by atoms with Crippen LogP contribution in [-0.4, -0.2) is 18.9 Å². The second-order valence-electron chi connectivity index (χ2n) is 13.7. The molecule has 0 fully saturated rings. The summed E-state index contributed by atoms with van der Waals surface area (Å²) in [5, 5.41) is 9.76. The molecule has 0 spiro atoms.